The van der Waals surface area contributed by atoms with Gasteiger partial charge >= 0.3 is 0 Å². The fourth-order valence-electron chi connectivity index (χ4n) is 1.28. The Balaban J connectivity index is 2.00. The Kier molecular flexibility index (Phi) is 0.584. The molecule has 0 radical (unpaired) electrons. The van der Waals surface area contributed by atoms with Gasteiger partial charge in [0.2, 0.25) is 5.91 Å². The predicted octanol–water partition coefficient (Wildman–Crippen LogP) is -0.778. The highest BCUT2D eigenvalue weighted by Gasteiger charge is 2.47. The Bertz CT molecular complexity index is 205. The van der Waals surface area contributed by atoms with E-state index in [1.165, 1.54) is 0 Å². The molecular weight excluding hydrogens is 116 g/mol. The molecule has 1 amide bonds. The van der Waals surface area contributed by atoms with Gasteiger partial charge in [-0.1, -0.05) is 0 Å². The van der Waals surface area contributed by atoms with Crippen molar-refractivity contribution in [2.24, 2.45) is 11.7 Å². The van der Waals surface area contributed by atoms with Crippen molar-refractivity contribution in [3.05, 3.63) is 0 Å². The van der Waals surface area contributed by atoms with Crippen LogP contribution < -0.4 is 11.1 Å². The van der Waals surface area contributed by atoms with E-state index in [2.05, 4.69) is 5.32 Å². The van der Waals surface area contributed by atoms with E-state index < -0.39 is 6.37 Å². The molecule has 2 aliphatic rings. The molecular formula is C6H10N2O. The Morgan fingerprint density at radius 3 is 3.11 bits per heavy atom. The monoisotopic (exact) mass is 128 g/mol. The highest BCUT2D eigenvalue weighted by molar-refractivity contribution is 5.80. The summed E-state index contributed by atoms with van der Waals surface area (Å²) in [5.41, 5.74) is 5.05. The van der Waals surface area contributed by atoms with Gasteiger partial charge in [-0.05, 0) is 18.7 Å². The minimum atomic E-state index is -1.09. The van der Waals surface area contributed by atoms with Crippen molar-refractivity contribution in [1.29, 1.82) is 0 Å². The van der Waals surface area contributed by atoms with Gasteiger partial charge in [-0.2, -0.15) is 0 Å². The first-order valence-electron chi connectivity index (χ1n) is 4.09. The minimum absolute atomic E-state index is 0.0139. The van der Waals surface area contributed by atoms with Crippen molar-refractivity contribution >= 4 is 5.91 Å². The summed E-state index contributed by atoms with van der Waals surface area (Å²) in [5.74, 6) is -0.354. The first kappa shape index (κ1) is 3.56. The highest BCUT2D eigenvalue weighted by atomic mass is 16.1. The SMILES string of the molecule is [2H]C1([2H])C2CC(C(N)=O)NC21. The number of rotatable bonds is 1. The zero-order valence-corrected chi connectivity index (χ0v) is 4.92. The van der Waals surface area contributed by atoms with Crippen LogP contribution >= 0.6 is 0 Å². The molecule has 2 rings (SSSR count). The molecule has 3 unspecified atom stereocenters. The lowest BCUT2D eigenvalue weighted by molar-refractivity contribution is -0.119. The van der Waals surface area contributed by atoms with Crippen LogP contribution in [0.2, 0.25) is 0 Å². The standard InChI is InChI=1S/C6H10N2O/c7-6(9)5-2-3-1-4(3)8-5/h3-5,8H,1-2H2,(H2,7,9)/i1D2. The van der Waals surface area contributed by atoms with E-state index in [0.717, 1.165) is 0 Å². The van der Waals surface area contributed by atoms with Crippen molar-refractivity contribution in [2.75, 3.05) is 0 Å². The van der Waals surface area contributed by atoms with Crippen LogP contribution in [0.25, 0.3) is 0 Å². The second-order valence-electron chi connectivity index (χ2n) is 2.61. The Morgan fingerprint density at radius 2 is 2.67 bits per heavy atom. The van der Waals surface area contributed by atoms with Crippen molar-refractivity contribution in [3.63, 3.8) is 0 Å². The lowest BCUT2D eigenvalue weighted by Crippen LogP contribution is -2.38. The number of nitrogens with two attached hydrogens (primary N) is 1. The molecule has 9 heavy (non-hydrogen) atoms. The average Bonchev–Trinajstić information content (AvgIpc) is 2.28. The Hall–Kier alpha value is -0.570. The maximum Gasteiger partial charge on any atom is 0.234 e. The summed E-state index contributed by atoms with van der Waals surface area (Å²) in [6.07, 6.45) is -0.529. The van der Waals surface area contributed by atoms with Gasteiger partial charge in [-0.15, -0.1) is 0 Å². The van der Waals surface area contributed by atoms with E-state index in [1.807, 2.05) is 0 Å². The maximum absolute atomic E-state index is 10.6. The first-order valence-corrected chi connectivity index (χ1v) is 3.09. The number of fused-ring (bicyclic) bond motifs is 1. The lowest BCUT2D eigenvalue weighted by atomic mass is 10.2. The van der Waals surface area contributed by atoms with Gasteiger partial charge in [0.15, 0.2) is 0 Å². The number of amides is 1. The fraction of sp³-hybridized carbons (Fsp3) is 0.833. The number of primary amides is 1. The summed E-state index contributed by atoms with van der Waals surface area (Å²) in [6, 6.07) is -0.422. The number of hydrogen-bond acceptors (Lipinski definition) is 2. The van der Waals surface area contributed by atoms with Crippen LogP contribution in [-0.2, 0) is 4.79 Å². The summed E-state index contributed by atoms with van der Waals surface area (Å²) in [5, 5.41) is 2.87. The van der Waals surface area contributed by atoms with Crippen molar-refractivity contribution in [1.82, 2.24) is 5.32 Å². The van der Waals surface area contributed by atoms with Crippen LogP contribution in [0.15, 0.2) is 0 Å². The van der Waals surface area contributed by atoms with Crippen molar-refractivity contribution < 1.29 is 7.54 Å². The fourth-order valence-corrected chi connectivity index (χ4v) is 1.28. The third kappa shape index (κ3) is 0.721. The highest BCUT2D eigenvalue weighted by Crippen LogP contribution is 2.40. The molecule has 1 saturated carbocycles. The molecule has 3 N–H and O–H groups in total. The van der Waals surface area contributed by atoms with Crippen molar-refractivity contribution in [3.8, 4) is 0 Å². The number of nitrogens with one attached hydrogen (secondary N) is 1. The zero-order chi connectivity index (χ0) is 8.22. The summed E-state index contributed by atoms with van der Waals surface area (Å²) >= 11 is 0. The Labute approximate surface area is 56.4 Å². The molecule has 0 aromatic rings. The van der Waals surface area contributed by atoms with Gasteiger partial charge in [0.05, 0.1) is 6.04 Å². The molecule has 50 valence electrons. The lowest BCUT2D eigenvalue weighted by Gasteiger charge is -2.06. The normalized spacial score (nSPS) is 55.3. The van der Waals surface area contributed by atoms with Crippen LogP contribution in [0.4, 0.5) is 0 Å². The molecule has 2 fully saturated rings. The van der Waals surface area contributed by atoms with E-state index in [9.17, 15) is 4.79 Å². The third-order valence-electron chi connectivity index (χ3n) is 1.90. The molecule has 3 heteroatoms. The topological polar surface area (TPSA) is 55.1 Å². The van der Waals surface area contributed by atoms with Gasteiger partial charge in [0.1, 0.15) is 0 Å². The average molecular weight is 128 g/mol. The van der Waals surface area contributed by atoms with E-state index in [1.54, 1.807) is 0 Å². The quantitative estimate of drug-likeness (QED) is 0.487. The molecule has 3 nitrogen and oxygen atoms in total. The molecule has 0 aromatic heterocycles. The molecule has 0 spiro atoms. The zero-order valence-electron chi connectivity index (χ0n) is 6.92. The second-order valence-corrected chi connectivity index (χ2v) is 2.61. The van der Waals surface area contributed by atoms with Crippen LogP contribution in [-0.4, -0.2) is 18.0 Å². The van der Waals surface area contributed by atoms with Crippen LogP contribution in [0.3, 0.4) is 0 Å². The molecule has 1 aliphatic heterocycles. The maximum atomic E-state index is 10.6. The van der Waals surface area contributed by atoms with Gasteiger partial charge in [0, 0.05) is 8.78 Å². The summed E-state index contributed by atoms with van der Waals surface area (Å²) in [7, 11) is 0. The van der Waals surface area contributed by atoms with E-state index in [-0.39, 0.29) is 23.9 Å². The second kappa shape index (κ2) is 1.48. The third-order valence-corrected chi connectivity index (χ3v) is 1.90. The largest absolute Gasteiger partial charge is 0.368 e. The minimum Gasteiger partial charge on any atom is -0.368 e. The summed E-state index contributed by atoms with van der Waals surface area (Å²) in [6.45, 7) is 0. The predicted molar refractivity (Wildman–Crippen MR) is 32.6 cm³/mol. The molecule has 3 atom stereocenters. The van der Waals surface area contributed by atoms with Gasteiger partial charge < -0.3 is 11.1 Å². The van der Waals surface area contributed by atoms with E-state index in [4.69, 9.17) is 8.48 Å². The number of carbonyl (C=O) groups is 1. The summed E-state index contributed by atoms with van der Waals surface area (Å²) in [4.78, 5) is 10.6. The molecule has 1 aliphatic carbocycles. The smallest absolute Gasteiger partial charge is 0.234 e. The first-order chi connectivity index (χ1) is 5.03. The molecule has 1 heterocycles. The molecule has 1 saturated heterocycles. The van der Waals surface area contributed by atoms with Gasteiger partial charge in [-0.3, -0.25) is 4.79 Å². The summed E-state index contributed by atoms with van der Waals surface area (Å²) < 4.78 is 14.7. The molecule has 0 bridgehead atoms. The van der Waals surface area contributed by atoms with Crippen molar-refractivity contribution in [2.45, 2.75) is 24.9 Å². The van der Waals surface area contributed by atoms with Crippen LogP contribution in [0.5, 0.6) is 0 Å². The van der Waals surface area contributed by atoms with Gasteiger partial charge in [-0.25, -0.2) is 0 Å². The number of carbonyl (C=O) groups excluding carboxylic acids is 1. The molecule has 0 aromatic carbocycles. The van der Waals surface area contributed by atoms with Crippen LogP contribution in [0.1, 0.15) is 15.5 Å². The van der Waals surface area contributed by atoms with E-state index >= 15 is 0 Å². The van der Waals surface area contributed by atoms with E-state index in [0.29, 0.717) is 6.42 Å². The Morgan fingerprint density at radius 1 is 1.89 bits per heavy atom. The van der Waals surface area contributed by atoms with Crippen LogP contribution in [0, 0.1) is 5.92 Å². The number of hydrogen-bond donors (Lipinski definition) is 2. The van der Waals surface area contributed by atoms with Gasteiger partial charge in [0.25, 0.3) is 0 Å². The number of piperidine rings is 1.